The normalized spacial score (nSPS) is 11.9. The maximum Gasteiger partial charge on any atom is 0.349 e. The van der Waals surface area contributed by atoms with Crippen LogP contribution in [0, 0.1) is 0 Å². The molecule has 0 aromatic heterocycles. The molecule has 0 fully saturated rings. The lowest BCUT2D eigenvalue weighted by Crippen LogP contribution is -2.54. The number of hydrogen-bond donors (Lipinski definition) is 3. The molecule has 190 valence electrons. The van der Waals surface area contributed by atoms with E-state index in [9.17, 15) is 29.1 Å². The zero-order valence-corrected chi connectivity index (χ0v) is 20.2. The number of aliphatic carboxylic acids is 1. The van der Waals surface area contributed by atoms with Crippen LogP contribution in [0.1, 0.15) is 31.1 Å². The van der Waals surface area contributed by atoms with Crippen LogP contribution in [0.2, 0.25) is 10.0 Å². The Morgan fingerprint density at radius 2 is 1.08 bits per heavy atom. The van der Waals surface area contributed by atoms with Gasteiger partial charge in [0, 0.05) is 15.6 Å². The van der Waals surface area contributed by atoms with Crippen LogP contribution in [0.15, 0.2) is 78.9 Å². The summed E-state index contributed by atoms with van der Waals surface area (Å²) in [6.45, 7) is 0. The van der Waals surface area contributed by atoms with Gasteiger partial charge in [0.15, 0.2) is 0 Å². The molecule has 0 aliphatic heterocycles. The molecule has 0 aliphatic rings. The predicted octanol–water partition coefficient (Wildman–Crippen LogP) is 3.29. The Labute approximate surface area is 220 Å². The molecule has 0 heterocycles. The van der Waals surface area contributed by atoms with E-state index in [2.05, 4.69) is 5.43 Å². The first-order valence-electron chi connectivity index (χ1n) is 10.5. The van der Waals surface area contributed by atoms with Gasteiger partial charge in [-0.1, -0.05) is 41.4 Å². The highest BCUT2D eigenvalue weighted by atomic mass is 35.5. The Bertz CT molecular complexity index is 1300. The second-order valence-corrected chi connectivity index (χ2v) is 8.19. The molecule has 2 atom stereocenters. The molecular weight excluding hydrogens is 527 g/mol. The van der Waals surface area contributed by atoms with Crippen molar-refractivity contribution >= 4 is 52.9 Å². The van der Waals surface area contributed by atoms with Gasteiger partial charge in [0.2, 0.25) is 12.2 Å². The number of ether oxygens (including phenoxy) is 2. The summed E-state index contributed by atoms with van der Waals surface area (Å²) < 4.78 is 10.1. The van der Waals surface area contributed by atoms with Crippen LogP contribution < -0.4 is 10.9 Å². The van der Waals surface area contributed by atoms with Crippen molar-refractivity contribution in [2.75, 3.05) is 0 Å². The highest BCUT2D eigenvalue weighted by molar-refractivity contribution is 6.31. The number of hydrogen-bond acceptors (Lipinski definition) is 7. The molecule has 0 aliphatic carbocycles. The maximum atomic E-state index is 12.9. The number of carbonyl (C=O) groups excluding carboxylic acids is 4. The van der Waals surface area contributed by atoms with Crippen molar-refractivity contribution in [2.45, 2.75) is 12.2 Å². The topological polar surface area (TPSA) is 148 Å². The molecule has 3 rings (SSSR count). The summed E-state index contributed by atoms with van der Waals surface area (Å²) in [5, 5.41) is 10.4. The maximum absolute atomic E-state index is 12.9. The molecule has 3 N–H and O–H groups in total. The third-order valence-electron chi connectivity index (χ3n) is 4.74. The van der Waals surface area contributed by atoms with Crippen molar-refractivity contribution in [3.8, 4) is 0 Å². The van der Waals surface area contributed by atoms with Crippen LogP contribution in [-0.4, -0.2) is 47.0 Å². The van der Waals surface area contributed by atoms with E-state index in [0.29, 0.717) is 10.0 Å². The Hall–Kier alpha value is -4.41. The Morgan fingerprint density at radius 1 is 0.622 bits per heavy atom. The lowest BCUT2D eigenvalue weighted by atomic mass is 10.1. The second-order valence-electron chi connectivity index (χ2n) is 7.31. The minimum absolute atomic E-state index is 0.0660. The van der Waals surface area contributed by atoms with E-state index >= 15 is 0 Å². The third kappa shape index (κ3) is 7.53. The molecule has 0 radical (unpaired) electrons. The largest absolute Gasteiger partial charge is 0.478 e. The van der Waals surface area contributed by atoms with Gasteiger partial charge in [0.25, 0.3) is 11.8 Å². The lowest BCUT2D eigenvalue weighted by molar-refractivity contribution is -0.159. The number of carboxylic acids is 1. The van der Waals surface area contributed by atoms with E-state index in [4.69, 9.17) is 32.7 Å². The smallest absolute Gasteiger partial charge is 0.349 e. The fraction of sp³-hybridized carbons (Fsp3) is 0.0800. The number of hydrazine groups is 1. The van der Waals surface area contributed by atoms with Crippen LogP contribution in [0.3, 0.4) is 0 Å². The zero-order chi connectivity index (χ0) is 26.9. The molecule has 0 saturated heterocycles. The van der Waals surface area contributed by atoms with E-state index in [1.54, 1.807) is 18.2 Å². The quantitative estimate of drug-likeness (QED) is 0.289. The van der Waals surface area contributed by atoms with Crippen molar-refractivity contribution in [3.63, 3.8) is 0 Å². The van der Waals surface area contributed by atoms with Gasteiger partial charge in [-0.05, 0) is 60.7 Å². The average Bonchev–Trinajstić information content (AvgIpc) is 2.89. The predicted molar refractivity (Wildman–Crippen MR) is 131 cm³/mol. The zero-order valence-electron chi connectivity index (χ0n) is 18.7. The first kappa shape index (κ1) is 27.2. The van der Waals surface area contributed by atoms with Gasteiger partial charge in [-0.25, -0.2) is 14.4 Å². The number of amides is 2. The average molecular weight is 545 g/mol. The van der Waals surface area contributed by atoms with Crippen molar-refractivity contribution in [2.24, 2.45) is 0 Å². The molecule has 3 aromatic carbocycles. The number of benzene rings is 3. The minimum Gasteiger partial charge on any atom is -0.478 e. The van der Waals surface area contributed by atoms with Crippen LogP contribution in [0.25, 0.3) is 0 Å². The minimum atomic E-state index is -2.28. The van der Waals surface area contributed by atoms with Crippen LogP contribution >= 0.6 is 23.2 Å². The Kier molecular flexibility index (Phi) is 9.20. The molecule has 0 bridgehead atoms. The SMILES string of the molecule is O=C(NNC(=O)[C@@H](OC(=O)c1ccc(Cl)cc1)[C@@H](OC(=O)c1ccc(Cl)cc1)C(=O)O)c1ccccc1. The van der Waals surface area contributed by atoms with Crippen molar-refractivity contribution in [1.82, 2.24) is 10.9 Å². The molecule has 0 spiro atoms. The molecule has 0 saturated carbocycles. The summed E-state index contributed by atoms with van der Waals surface area (Å²) in [6.07, 6.45) is -4.49. The van der Waals surface area contributed by atoms with Crippen LogP contribution in [-0.2, 0) is 19.1 Å². The fourth-order valence-electron chi connectivity index (χ4n) is 2.88. The molecule has 37 heavy (non-hydrogen) atoms. The standard InChI is InChI=1S/C25H18Cl2N2O8/c26-17-10-6-15(7-11-17)24(34)36-19(22(31)29-28-21(30)14-4-2-1-3-5-14)20(23(32)33)37-25(35)16-8-12-18(27)13-9-16/h1-13,19-20H,(H,28,30)(H,29,31)(H,32,33)/t19-,20+/m0/s1. The number of carboxylic acid groups (broad SMARTS) is 1. The molecule has 3 aromatic rings. The van der Waals surface area contributed by atoms with Crippen molar-refractivity contribution < 1.29 is 38.6 Å². The molecule has 10 nitrogen and oxygen atoms in total. The van der Waals surface area contributed by atoms with Gasteiger partial charge in [0.05, 0.1) is 11.1 Å². The summed E-state index contributed by atoms with van der Waals surface area (Å²) in [5.41, 5.74) is 4.13. The van der Waals surface area contributed by atoms with Crippen molar-refractivity contribution in [3.05, 3.63) is 106 Å². The van der Waals surface area contributed by atoms with E-state index in [-0.39, 0.29) is 16.7 Å². The highest BCUT2D eigenvalue weighted by Gasteiger charge is 2.41. The summed E-state index contributed by atoms with van der Waals surface area (Å²) >= 11 is 11.6. The van der Waals surface area contributed by atoms with E-state index in [0.717, 1.165) is 0 Å². The Balaban J connectivity index is 1.84. The molecular formula is C25H18Cl2N2O8. The van der Waals surface area contributed by atoms with E-state index < -0.39 is 41.9 Å². The number of esters is 2. The number of nitrogens with one attached hydrogen (secondary N) is 2. The lowest BCUT2D eigenvalue weighted by Gasteiger charge is -2.23. The van der Waals surface area contributed by atoms with E-state index in [1.165, 1.54) is 60.7 Å². The Morgan fingerprint density at radius 3 is 1.54 bits per heavy atom. The van der Waals surface area contributed by atoms with Crippen LogP contribution in [0.5, 0.6) is 0 Å². The number of rotatable bonds is 8. The monoisotopic (exact) mass is 544 g/mol. The first-order chi connectivity index (χ1) is 17.7. The van der Waals surface area contributed by atoms with Gasteiger partial charge in [-0.15, -0.1) is 0 Å². The van der Waals surface area contributed by atoms with E-state index in [1.807, 2.05) is 5.43 Å². The molecule has 0 unspecified atom stereocenters. The van der Waals surface area contributed by atoms with Crippen molar-refractivity contribution in [1.29, 1.82) is 0 Å². The third-order valence-corrected chi connectivity index (χ3v) is 5.24. The number of halogens is 2. The fourth-order valence-corrected chi connectivity index (χ4v) is 3.14. The summed E-state index contributed by atoms with van der Waals surface area (Å²) in [7, 11) is 0. The van der Waals surface area contributed by atoms with Gasteiger partial charge in [-0.3, -0.25) is 20.4 Å². The first-order valence-corrected chi connectivity index (χ1v) is 11.2. The van der Waals surface area contributed by atoms with Gasteiger partial charge in [-0.2, -0.15) is 0 Å². The summed E-state index contributed by atoms with van der Waals surface area (Å²) in [5.74, 6) is -6.04. The van der Waals surface area contributed by atoms with Gasteiger partial charge < -0.3 is 14.6 Å². The van der Waals surface area contributed by atoms with Gasteiger partial charge in [0.1, 0.15) is 0 Å². The summed E-state index contributed by atoms with van der Waals surface area (Å²) in [6, 6.07) is 18.4. The molecule has 2 amide bonds. The van der Waals surface area contributed by atoms with Crippen LogP contribution in [0.4, 0.5) is 0 Å². The summed E-state index contributed by atoms with van der Waals surface area (Å²) in [4.78, 5) is 62.4. The second kappa shape index (κ2) is 12.5. The number of carbonyl (C=O) groups is 5. The molecule has 12 heteroatoms. The highest BCUT2D eigenvalue weighted by Crippen LogP contribution is 2.16. The van der Waals surface area contributed by atoms with Gasteiger partial charge >= 0.3 is 17.9 Å².